The van der Waals surface area contributed by atoms with Crippen LogP contribution in [0.4, 0.5) is 5.69 Å². The van der Waals surface area contributed by atoms with Gasteiger partial charge in [0.1, 0.15) is 6.04 Å². The summed E-state index contributed by atoms with van der Waals surface area (Å²) in [4.78, 5) is 24.7. The molecule has 1 unspecified atom stereocenters. The first-order chi connectivity index (χ1) is 9.97. The smallest absolute Gasteiger partial charge is 0.305 e. The Balaban J connectivity index is 2.97. The van der Waals surface area contributed by atoms with Crippen LogP contribution in [0.1, 0.15) is 18.9 Å². The van der Waals surface area contributed by atoms with Gasteiger partial charge < -0.3 is 15.3 Å². The summed E-state index contributed by atoms with van der Waals surface area (Å²) in [5, 5.41) is 11.5. The number of amides is 1. The minimum atomic E-state index is -0.898. The van der Waals surface area contributed by atoms with Crippen LogP contribution < -0.4 is 10.2 Å². The van der Waals surface area contributed by atoms with Gasteiger partial charge in [0.05, 0.1) is 13.0 Å². The summed E-state index contributed by atoms with van der Waals surface area (Å²) in [7, 11) is 0. The van der Waals surface area contributed by atoms with Crippen LogP contribution in [0.5, 0.6) is 0 Å². The molecule has 0 saturated heterocycles. The van der Waals surface area contributed by atoms with Gasteiger partial charge in [-0.15, -0.1) is 6.42 Å². The SMILES string of the molecule is C#CCNC(=O)C(C)N(CCC(=O)O)c1ccccc1C. The number of aliphatic carboxylic acids is 1. The zero-order valence-corrected chi connectivity index (χ0v) is 12.3. The highest BCUT2D eigenvalue weighted by molar-refractivity contribution is 5.85. The predicted molar refractivity (Wildman–Crippen MR) is 82.1 cm³/mol. The number of para-hydroxylation sites is 1. The van der Waals surface area contributed by atoms with E-state index < -0.39 is 12.0 Å². The van der Waals surface area contributed by atoms with E-state index in [2.05, 4.69) is 11.2 Å². The van der Waals surface area contributed by atoms with E-state index >= 15 is 0 Å². The average molecular weight is 288 g/mol. The number of benzene rings is 1. The highest BCUT2D eigenvalue weighted by atomic mass is 16.4. The van der Waals surface area contributed by atoms with E-state index in [0.29, 0.717) is 0 Å². The monoisotopic (exact) mass is 288 g/mol. The molecule has 1 aromatic carbocycles. The first-order valence-corrected chi connectivity index (χ1v) is 6.72. The maximum atomic E-state index is 12.1. The maximum Gasteiger partial charge on any atom is 0.305 e. The number of nitrogens with zero attached hydrogens (tertiary/aromatic N) is 1. The van der Waals surface area contributed by atoms with Crippen molar-refractivity contribution in [1.82, 2.24) is 5.32 Å². The Bertz CT molecular complexity index is 549. The van der Waals surface area contributed by atoms with Gasteiger partial charge >= 0.3 is 5.97 Å². The molecule has 0 aliphatic rings. The van der Waals surface area contributed by atoms with Gasteiger partial charge in [0.2, 0.25) is 5.91 Å². The van der Waals surface area contributed by atoms with E-state index in [1.54, 1.807) is 11.8 Å². The Labute approximate surface area is 125 Å². The van der Waals surface area contributed by atoms with Crippen molar-refractivity contribution in [3.63, 3.8) is 0 Å². The van der Waals surface area contributed by atoms with Crippen LogP contribution in [0.3, 0.4) is 0 Å². The lowest BCUT2D eigenvalue weighted by molar-refractivity contribution is -0.137. The minimum absolute atomic E-state index is 0.0406. The summed E-state index contributed by atoms with van der Waals surface area (Å²) in [6.07, 6.45) is 5.09. The molecule has 0 aliphatic carbocycles. The number of nitrogens with one attached hydrogen (secondary N) is 1. The van der Waals surface area contributed by atoms with Crippen LogP contribution in [0, 0.1) is 19.3 Å². The van der Waals surface area contributed by atoms with Crippen LogP contribution in [0.25, 0.3) is 0 Å². The molecule has 21 heavy (non-hydrogen) atoms. The Morgan fingerprint density at radius 2 is 2.10 bits per heavy atom. The fraction of sp³-hybridized carbons (Fsp3) is 0.375. The molecule has 0 aliphatic heterocycles. The van der Waals surface area contributed by atoms with Crippen LogP contribution in [0.2, 0.25) is 0 Å². The summed E-state index contributed by atoms with van der Waals surface area (Å²) in [6.45, 7) is 4.07. The number of carbonyl (C=O) groups is 2. The molecule has 5 heteroatoms. The van der Waals surface area contributed by atoms with Gasteiger partial charge in [-0.2, -0.15) is 0 Å². The van der Waals surface area contributed by atoms with Gasteiger partial charge in [-0.1, -0.05) is 24.1 Å². The van der Waals surface area contributed by atoms with Crippen LogP contribution in [-0.2, 0) is 9.59 Å². The first kappa shape index (κ1) is 16.6. The fourth-order valence-electron chi connectivity index (χ4n) is 2.05. The van der Waals surface area contributed by atoms with Gasteiger partial charge in [0.15, 0.2) is 0 Å². The van der Waals surface area contributed by atoms with E-state index in [4.69, 9.17) is 11.5 Å². The number of hydrogen-bond donors (Lipinski definition) is 2. The van der Waals surface area contributed by atoms with Crippen molar-refractivity contribution < 1.29 is 14.7 Å². The lowest BCUT2D eigenvalue weighted by Crippen LogP contribution is -2.46. The summed E-state index contributed by atoms with van der Waals surface area (Å²) in [5.74, 6) is 1.23. The van der Waals surface area contributed by atoms with Crippen molar-refractivity contribution in [2.24, 2.45) is 0 Å². The van der Waals surface area contributed by atoms with E-state index in [1.165, 1.54) is 0 Å². The Morgan fingerprint density at radius 1 is 1.43 bits per heavy atom. The van der Waals surface area contributed by atoms with Crippen molar-refractivity contribution in [2.45, 2.75) is 26.3 Å². The lowest BCUT2D eigenvalue weighted by Gasteiger charge is -2.31. The third kappa shape index (κ3) is 4.84. The van der Waals surface area contributed by atoms with Crippen LogP contribution >= 0.6 is 0 Å². The van der Waals surface area contributed by atoms with Gasteiger partial charge in [-0.05, 0) is 25.5 Å². The zero-order chi connectivity index (χ0) is 15.8. The molecule has 0 saturated carbocycles. The number of terminal acetylenes is 1. The van der Waals surface area contributed by atoms with E-state index in [-0.39, 0.29) is 25.4 Å². The minimum Gasteiger partial charge on any atom is -0.481 e. The highest BCUT2D eigenvalue weighted by Crippen LogP contribution is 2.22. The molecule has 1 amide bonds. The molecule has 1 atom stereocenters. The van der Waals surface area contributed by atoms with E-state index in [9.17, 15) is 9.59 Å². The largest absolute Gasteiger partial charge is 0.481 e. The molecular weight excluding hydrogens is 268 g/mol. The Kier molecular flexibility index (Phi) is 6.28. The molecule has 0 spiro atoms. The zero-order valence-electron chi connectivity index (χ0n) is 12.3. The van der Waals surface area contributed by atoms with Gasteiger partial charge in [0.25, 0.3) is 0 Å². The second-order valence-electron chi connectivity index (χ2n) is 4.72. The van der Waals surface area contributed by atoms with Crippen molar-refractivity contribution in [1.29, 1.82) is 0 Å². The number of carboxylic acids is 1. The van der Waals surface area contributed by atoms with Crippen LogP contribution in [-0.4, -0.2) is 36.1 Å². The van der Waals surface area contributed by atoms with E-state index in [0.717, 1.165) is 11.3 Å². The standard InChI is InChI=1S/C16H20N2O3/c1-4-10-17-16(21)13(3)18(11-9-15(19)20)14-8-6-5-7-12(14)2/h1,5-8,13H,9-11H2,2-3H3,(H,17,21)(H,19,20). The highest BCUT2D eigenvalue weighted by Gasteiger charge is 2.22. The second-order valence-corrected chi connectivity index (χ2v) is 4.72. The molecule has 0 heterocycles. The number of carboxylic acid groups (broad SMARTS) is 1. The van der Waals surface area contributed by atoms with E-state index in [1.807, 2.05) is 31.2 Å². The predicted octanol–water partition coefficient (Wildman–Crippen LogP) is 1.41. The number of aryl methyl sites for hydroxylation is 1. The summed E-state index contributed by atoms with van der Waals surface area (Å²) >= 11 is 0. The maximum absolute atomic E-state index is 12.1. The molecule has 1 aromatic rings. The molecule has 0 radical (unpaired) electrons. The number of rotatable bonds is 7. The molecule has 0 bridgehead atoms. The Hall–Kier alpha value is -2.48. The van der Waals surface area contributed by atoms with Crippen molar-refractivity contribution in [3.8, 4) is 12.3 Å². The lowest BCUT2D eigenvalue weighted by atomic mass is 10.1. The molecule has 1 rings (SSSR count). The number of anilines is 1. The quantitative estimate of drug-likeness (QED) is 0.744. The van der Waals surface area contributed by atoms with Gasteiger partial charge in [-0.25, -0.2) is 0 Å². The number of carbonyl (C=O) groups excluding carboxylic acids is 1. The molecular formula is C16H20N2O3. The Morgan fingerprint density at radius 3 is 2.67 bits per heavy atom. The molecule has 112 valence electrons. The molecule has 2 N–H and O–H groups in total. The van der Waals surface area contributed by atoms with Gasteiger partial charge in [0, 0.05) is 12.2 Å². The summed E-state index contributed by atoms with van der Waals surface area (Å²) in [6, 6.07) is 7.07. The normalized spacial score (nSPS) is 11.3. The topological polar surface area (TPSA) is 69.6 Å². The average Bonchev–Trinajstić information content (AvgIpc) is 2.46. The second kappa shape index (κ2) is 7.95. The fourth-order valence-corrected chi connectivity index (χ4v) is 2.05. The third-order valence-corrected chi connectivity index (χ3v) is 3.20. The van der Waals surface area contributed by atoms with Crippen molar-refractivity contribution in [3.05, 3.63) is 29.8 Å². The van der Waals surface area contributed by atoms with Gasteiger partial charge in [-0.3, -0.25) is 9.59 Å². The van der Waals surface area contributed by atoms with Crippen molar-refractivity contribution in [2.75, 3.05) is 18.0 Å². The first-order valence-electron chi connectivity index (χ1n) is 6.72. The number of hydrogen-bond acceptors (Lipinski definition) is 3. The molecule has 5 nitrogen and oxygen atoms in total. The summed E-state index contributed by atoms with van der Waals surface area (Å²) < 4.78 is 0. The molecule has 0 aromatic heterocycles. The molecule has 0 fully saturated rings. The third-order valence-electron chi connectivity index (χ3n) is 3.20. The summed E-state index contributed by atoms with van der Waals surface area (Å²) in [5.41, 5.74) is 1.83. The van der Waals surface area contributed by atoms with Crippen molar-refractivity contribution >= 4 is 17.6 Å². The van der Waals surface area contributed by atoms with Crippen LogP contribution in [0.15, 0.2) is 24.3 Å².